The summed E-state index contributed by atoms with van der Waals surface area (Å²) in [5.41, 5.74) is 3.53. The molecule has 0 radical (unpaired) electrons. The summed E-state index contributed by atoms with van der Waals surface area (Å²) in [6.07, 6.45) is 1.39. The molecular weight excluding hydrogens is 369 g/mol. The Bertz CT molecular complexity index is 856. The van der Waals surface area contributed by atoms with Gasteiger partial charge in [-0.25, -0.2) is 4.39 Å². The third kappa shape index (κ3) is 6.12. The number of nitrogens with one attached hydrogen (secondary N) is 2. The van der Waals surface area contributed by atoms with Gasteiger partial charge in [-0.2, -0.15) is 0 Å². The molecule has 6 heteroatoms. The fourth-order valence-electron chi connectivity index (χ4n) is 3.77. The van der Waals surface area contributed by atoms with Crippen LogP contribution in [0.15, 0.2) is 42.5 Å². The number of hydrogen-bond donors (Lipinski definition) is 2. The van der Waals surface area contributed by atoms with Crippen LogP contribution in [-0.4, -0.2) is 36.3 Å². The first-order valence-electron chi connectivity index (χ1n) is 10.0. The van der Waals surface area contributed by atoms with Gasteiger partial charge in [0.15, 0.2) is 0 Å². The molecule has 0 saturated carbocycles. The normalized spacial score (nSPS) is 15.1. The largest absolute Gasteiger partial charge is 0.352 e. The average Bonchev–Trinajstić information content (AvgIpc) is 2.67. The van der Waals surface area contributed by atoms with Gasteiger partial charge < -0.3 is 10.6 Å². The SMILES string of the molecule is Cc1cc(C)cc(NC(=O)CN2CCC(C(=O)NCc3ccccc3F)CC2)c1. The van der Waals surface area contributed by atoms with Crippen molar-refractivity contribution in [3.05, 3.63) is 65.0 Å². The molecule has 0 aromatic heterocycles. The van der Waals surface area contributed by atoms with Crippen molar-refractivity contribution in [2.45, 2.75) is 33.2 Å². The molecule has 0 unspecified atom stereocenters. The molecule has 0 atom stereocenters. The predicted octanol–water partition coefficient (Wildman–Crippen LogP) is 3.41. The van der Waals surface area contributed by atoms with E-state index >= 15 is 0 Å². The second-order valence-electron chi connectivity index (χ2n) is 7.78. The first-order chi connectivity index (χ1) is 13.9. The number of carbonyl (C=O) groups is 2. The second-order valence-corrected chi connectivity index (χ2v) is 7.78. The van der Waals surface area contributed by atoms with Gasteiger partial charge in [-0.3, -0.25) is 14.5 Å². The zero-order valence-corrected chi connectivity index (χ0v) is 17.0. The Morgan fingerprint density at radius 3 is 2.38 bits per heavy atom. The van der Waals surface area contributed by atoms with Crippen LogP contribution in [0.4, 0.5) is 10.1 Å². The summed E-state index contributed by atoms with van der Waals surface area (Å²) < 4.78 is 13.7. The highest BCUT2D eigenvalue weighted by atomic mass is 19.1. The van der Waals surface area contributed by atoms with Crippen LogP contribution in [0.25, 0.3) is 0 Å². The minimum absolute atomic E-state index is 0.0440. The van der Waals surface area contributed by atoms with E-state index in [1.54, 1.807) is 18.2 Å². The average molecular weight is 397 g/mol. The maximum absolute atomic E-state index is 13.7. The van der Waals surface area contributed by atoms with Crippen LogP contribution < -0.4 is 10.6 Å². The minimum Gasteiger partial charge on any atom is -0.352 e. The first kappa shape index (κ1) is 21.0. The Morgan fingerprint density at radius 2 is 1.72 bits per heavy atom. The van der Waals surface area contributed by atoms with Gasteiger partial charge in [0.05, 0.1) is 6.54 Å². The van der Waals surface area contributed by atoms with Gasteiger partial charge >= 0.3 is 0 Å². The van der Waals surface area contributed by atoms with Crippen LogP contribution in [0, 0.1) is 25.6 Å². The Morgan fingerprint density at radius 1 is 1.07 bits per heavy atom. The number of benzene rings is 2. The molecule has 1 fully saturated rings. The van der Waals surface area contributed by atoms with Crippen molar-refractivity contribution in [3.63, 3.8) is 0 Å². The molecule has 1 aliphatic heterocycles. The molecule has 1 aliphatic rings. The molecule has 0 bridgehead atoms. The Labute approximate surface area is 171 Å². The van der Waals surface area contributed by atoms with E-state index in [9.17, 15) is 14.0 Å². The van der Waals surface area contributed by atoms with Crippen LogP contribution in [-0.2, 0) is 16.1 Å². The van der Waals surface area contributed by atoms with Crippen molar-refractivity contribution in [2.75, 3.05) is 25.0 Å². The molecule has 0 spiro atoms. The van der Waals surface area contributed by atoms with Gasteiger partial charge in [-0.05, 0) is 69.1 Å². The van der Waals surface area contributed by atoms with E-state index in [1.807, 2.05) is 26.0 Å². The van der Waals surface area contributed by atoms with Crippen molar-refractivity contribution < 1.29 is 14.0 Å². The number of nitrogens with zero attached hydrogens (tertiary/aromatic N) is 1. The number of amides is 2. The van der Waals surface area contributed by atoms with Gasteiger partial charge in [0.25, 0.3) is 0 Å². The number of carbonyl (C=O) groups excluding carboxylic acids is 2. The Kier molecular flexibility index (Phi) is 6.99. The number of anilines is 1. The molecule has 2 amide bonds. The smallest absolute Gasteiger partial charge is 0.238 e. The highest BCUT2D eigenvalue weighted by Crippen LogP contribution is 2.18. The lowest BCUT2D eigenvalue weighted by Gasteiger charge is -2.30. The summed E-state index contributed by atoms with van der Waals surface area (Å²) in [5, 5.41) is 5.78. The maximum atomic E-state index is 13.7. The lowest BCUT2D eigenvalue weighted by atomic mass is 9.96. The Hall–Kier alpha value is -2.73. The van der Waals surface area contributed by atoms with E-state index < -0.39 is 0 Å². The molecule has 1 saturated heterocycles. The zero-order chi connectivity index (χ0) is 20.8. The van der Waals surface area contributed by atoms with Crippen molar-refractivity contribution in [1.29, 1.82) is 0 Å². The van der Waals surface area contributed by atoms with Crippen molar-refractivity contribution in [2.24, 2.45) is 5.92 Å². The molecule has 1 heterocycles. The lowest BCUT2D eigenvalue weighted by molar-refractivity contribution is -0.126. The quantitative estimate of drug-likeness (QED) is 0.785. The molecule has 3 rings (SSSR count). The van der Waals surface area contributed by atoms with E-state index in [0.717, 1.165) is 16.8 Å². The molecule has 5 nitrogen and oxygen atoms in total. The fraction of sp³-hybridized carbons (Fsp3) is 0.391. The van der Waals surface area contributed by atoms with Crippen molar-refractivity contribution >= 4 is 17.5 Å². The number of piperidine rings is 1. The van der Waals surface area contributed by atoms with Gasteiger partial charge in [0.2, 0.25) is 11.8 Å². The zero-order valence-electron chi connectivity index (χ0n) is 17.0. The molecule has 2 aromatic carbocycles. The Balaban J connectivity index is 1.42. The van der Waals surface area contributed by atoms with Crippen LogP contribution in [0.2, 0.25) is 0 Å². The summed E-state index contributed by atoms with van der Waals surface area (Å²) in [6.45, 7) is 5.91. The number of hydrogen-bond acceptors (Lipinski definition) is 3. The molecule has 29 heavy (non-hydrogen) atoms. The van der Waals surface area contributed by atoms with E-state index in [-0.39, 0.29) is 30.1 Å². The minimum atomic E-state index is -0.308. The molecule has 0 aliphatic carbocycles. The van der Waals surface area contributed by atoms with Crippen molar-refractivity contribution in [3.8, 4) is 0 Å². The maximum Gasteiger partial charge on any atom is 0.238 e. The molecular formula is C23H28FN3O2. The lowest BCUT2D eigenvalue weighted by Crippen LogP contribution is -2.43. The number of aryl methyl sites for hydroxylation is 2. The number of likely N-dealkylation sites (tertiary alicyclic amines) is 1. The van der Waals surface area contributed by atoms with E-state index in [4.69, 9.17) is 0 Å². The summed E-state index contributed by atoms with van der Waals surface area (Å²) in [6, 6.07) is 12.4. The molecule has 2 aromatic rings. The highest BCUT2D eigenvalue weighted by molar-refractivity contribution is 5.92. The molecule has 154 valence electrons. The van der Waals surface area contributed by atoms with Gasteiger partial charge in [-0.1, -0.05) is 24.3 Å². The monoisotopic (exact) mass is 397 g/mol. The summed E-state index contributed by atoms with van der Waals surface area (Å²) in [7, 11) is 0. The van der Waals surface area contributed by atoms with Crippen LogP contribution in [0.5, 0.6) is 0 Å². The summed E-state index contributed by atoms with van der Waals surface area (Å²) in [4.78, 5) is 26.8. The van der Waals surface area contributed by atoms with Crippen LogP contribution >= 0.6 is 0 Å². The summed E-state index contributed by atoms with van der Waals surface area (Å²) >= 11 is 0. The highest BCUT2D eigenvalue weighted by Gasteiger charge is 2.25. The van der Waals surface area contributed by atoms with E-state index in [1.165, 1.54) is 6.07 Å². The second kappa shape index (κ2) is 9.65. The van der Waals surface area contributed by atoms with Crippen LogP contribution in [0.1, 0.15) is 29.5 Å². The fourth-order valence-corrected chi connectivity index (χ4v) is 3.77. The summed E-state index contributed by atoms with van der Waals surface area (Å²) in [5.74, 6) is -0.497. The number of rotatable bonds is 6. The van der Waals surface area contributed by atoms with Gasteiger partial charge in [-0.15, -0.1) is 0 Å². The third-order valence-corrected chi connectivity index (χ3v) is 5.24. The van der Waals surface area contributed by atoms with Crippen molar-refractivity contribution in [1.82, 2.24) is 10.2 Å². The topological polar surface area (TPSA) is 61.4 Å². The first-order valence-corrected chi connectivity index (χ1v) is 10.0. The van der Waals surface area contributed by atoms with E-state index in [2.05, 4.69) is 21.6 Å². The predicted molar refractivity (Wildman–Crippen MR) is 112 cm³/mol. The van der Waals surface area contributed by atoms with Gasteiger partial charge in [0, 0.05) is 23.7 Å². The standard InChI is InChI=1S/C23H28FN3O2/c1-16-11-17(2)13-20(12-16)26-22(28)15-27-9-7-18(8-10-27)23(29)25-14-19-5-3-4-6-21(19)24/h3-6,11-13,18H,7-10,14-15H2,1-2H3,(H,25,29)(H,26,28). The molecule has 2 N–H and O–H groups in total. The third-order valence-electron chi connectivity index (χ3n) is 5.24. The number of halogens is 1. The van der Waals surface area contributed by atoms with Crippen LogP contribution in [0.3, 0.4) is 0 Å². The van der Waals surface area contributed by atoms with Gasteiger partial charge in [0.1, 0.15) is 5.82 Å². The van der Waals surface area contributed by atoms with E-state index in [0.29, 0.717) is 38.0 Å².